The minimum atomic E-state index is -0.800. The average molecular weight is 428 g/mol. The Balaban J connectivity index is 1.21. The average Bonchev–Trinajstić information content (AvgIpc) is 2.96. The van der Waals surface area contributed by atoms with E-state index in [1.807, 2.05) is 4.90 Å². The van der Waals surface area contributed by atoms with Gasteiger partial charge < -0.3 is 4.90 Å². The molecule has 7 heteroatoms. The van der Waals surface area contributed by atoms with Gasteiger partial charge in [-0.1, -0.05) is 12.8 Å². The van der Waals surface area contributed by atoms with Crippen LogP contribution in [0.4, 0.5) is 4.79 Å². The summed E-state index contributed by atoms with van der Waals surface area (Å²) in [6.07, 6.45) is 12.8. The first kappa shape index (κ1) is 19.7. The normalized spacial score (nSPS) is 41.9. The predicted molar refractivity (Wildman–Crippen MR) is 112 cm³/mol. The Kier molecular flexibility index (Phi) is 4.48. The second-order valence-electron chi connectivity index (χ2n) is 11.3. The van der Waals surface area contributed by atoms with Gasteiger partial charge in [0.2, 0.25) is 5.91 Å². The van der Waals surface area contributed by atoms with Crippen molar-refractivity contribution in [3.63, 3.8) is 0 Å². The number of rotatable bonds is 3. The van der Waals surface area contributed by atoms with E-state index >= 15 is 0 Å². The molecule has 2 saturated heterocycles. The molecule has 0 aromatic heterocycles. The van der Waals surface area contributed by atoms with Crippen LogP contribution in [0.3, 0.4) is 0 Å². The first-order valence-electron chi connectivity index (χ1n) is 12.4. The van der Waals surface area contributed by atoms with Gasteiger partial charge in [-0.05, 0) is 87.9 Å². The maximum Gasteiger partial charge on any atom is 0.335 e. The number of piperidine rings is 1. The molecule has 2 heterocycles. The Labute approximate surface area is 183 Å². The predicted octanol–water partition coefficient (Wildman–Crippen LogP) is 2.93. The van der Waals surface area contributed by atoms with Crippen LogP contribution in [-0.4, -0.2) is 63.1 Å². The first-order valence-corrected chi connectivity index (χ1v) is 12.4. The van der Waals surface area contributed by atoms with Crippen LogP contribution in [0.15, 0.2) is 0 Å². The molecule has 7 nitrogen and oxygen atoms in total. The molecule has 0 N–H and O–H groups in total. The van der Waals surface area contributed by atoms with E-state index in [1.54, 1.807) is 0 Å². The Hall–Kier alpha value is -1.92. The van der Waals surface area contributed by atoms with Gasteiger partial charge in [0.05, 0.1) is 5.54 Å². The third kappa shape index (κ3) is 2.98. The molecule has 0 radical (unpaired) electrons. The molecule has 0 aromatic carbocycles. The van der Waals surface area contributed by atoms with Crippen molar-refractivity contribution in [2.45, 2.75) is 88.6 Å². The molecule has 168 valence electrons. The van der Waals surface area contributed by atoms with Gasteiger partial charge in [0.25, 0.3) is 0 Å². The van der Waals surface area contributed by atoms with Crippen LogP contribution < -0.4 is 0 Å². The number of urea groups is 1. The number of nitrogens with zero attached hydrogens (tertiary/aromatic N) is 3. The van der Waals surface area contributed by atoms with Gasteiger partial charge in [-0.2, -0.15) is 0 Å². The summed E-state index contributed by atoms with van der Waals surface area (Å²) in [4.78, 5) is 56.6. The van der Waals surface area contributed by atoms with Gasteiger partial charge in [0.15, 0.2) is 0 Å². The van der Waals surface area contributed by atoms with Crippen LogP contribution in [0.2, 0.25) is 0 Å². The molecular formula is C24H33N3O4. The van der Waals surface area contributed by atoms with Crippen LogP contribution >= 0.6 is 0 Å². The Morgan fingerprint density at radius 3 is 2.13 bits per heavy atom. The van der Waals surface area contributed by atoms with Gasteiger partial charge in [-0.25, -0.2) is 14.6 Å². The number of carbonyl (C=O) groups is 4. The van der Waals surface area contributed by atoms with Crippen LogP contribution in [-0.2, 0) is 14.4 Å². The van der Waals surface area contributed by atoms with Gasteiger partial charge >= 0.3 is 17.8 Å². The van der Waals surface area contributed by atoms with Crippen molar-refractivity contribution in [1.82, 2.24) is 14.7 Å². The lowest BCUT2D eigenvalue weighted by atomic mass is 9.52. The third-order valence-corrected chi connectivity index (χ3v) is 9.39. The van der Waals surface area contributed by atoms with Crippen LogP contribution in [0.5, 0.6) is 0 Å². The fraction of sp³-hybridized carbons (Fsp3) is 0.833. The molecule has 2 atom stereocenters. The molecule has 0 unspecified atom stereocenters. The van der Waals surface area contributed by atoms with Crippen molar-refractivity contribution in [3.05, 3.63) is 0 Å². The van der Waals surface area contributed by atoms with Crippen molar-refractivity contribution < 1.29 is 19.2 Å². The number of amides is 5. The molecule has 5 saturated carbocycles. The lowest BCUT2D eigenvalue weighted by Gasteiger charge is -2.58. The van der Waals surface area contributed by atoms with Crippen molar-refractivity contribution >= 4 is 23.8 Å². The maximum absolute atomic E-state index is 13.4. The fourth-order valence-corrected chi connectivity index (χ4v) is 8.56. The van der Waals surface area contributed by atoms with Crippen molar-refractivity contribution in [1.29, 1.82) is 0 Å². The zero-order valence-corrected chi connectivity index (χ0v) is 18.3. The lowest BCUT2D eigenvalue weighted by Crippen LogP contribution is -2.62. The number of hydrogen-bond acceptors (Lipinski definition) is 4. The summed E-state index contributed by atoms with van der Waals surface area (Å²) in [7, 11) is 0. The van der Waals surface area contributed by atoms with Gasteiger partial charge in [0, 0.05) is 12.6 Å². The van der Waals surface area contributed by atoms with E-state index in [9.17, 15) is 19.2 Å². The monoisotopic (exact) mass is 427 g/mol. The second kappa shape index (κ2) is 7.04. The summed E-state index contributed by atoms with van der Waals surface area (Å²) in [5.74, 6) is 0.568. The molecule has 2 aliphatic heterocycles. The second-order valence-corrected chi connectivity index (χ2v) is 11.3. The molecule has 5 aliphatic carbocycles. The lowest BCUT2D eigenvalue weighted by molar-refractivity contribution is -0.150. The SMILES string of the molecule is O=C1C(=O)N(C23CC4CC(CC(C4)C2)C3)C(=O)N1CC(=O)N1CCC[C@@H]2CCCC[C@@H]21. The van der Waals surface area contributed by atoms with E-state index in [0.29, 0.717) is 30.2 Å². The third-order valence-electron chi connectivity index (χ3n) is 9.39. The van der Waals surface area contributed by atoms with Crippen molar-refractivity contribution in [2.24, 2.45) is 23.7 Å². The van der Waals surface area contributed by atoms with Gasteiger partial charge in [-0.15, -0.1) is 0 Å². The number of imide groups is 2. The highest BCUT2D eigenvalue weighted by atomic mass is 16.2. The highest BCUT2D eigenvalue weighted by Crippen LogP contribution is 2.58. The minimum absolute atomic E-state index is 0.168. The Morgan fingerprint density at radius 1 is 0.839 bits per heavy atom. The summed E-state index contributed by atoms with van der Waals surface area (Å²) >= 11 is 0. The maximum atomic E-state index is 13.4. The first-order chi connectivity index (χ1) is 14.9. The molecular weight excluding hydrogens is 394 g/mol. The van der Waals surface area contributed by atoms with E-state index in [0.717, 1.165) is 56.3 Å². The standard InChI is InChI=1S/C24H33N3O4/c28-20(25-7-3-5-18-4-1-2-6-19(18)25)14-26-21(29)22(30)27(23(26)31)24-11-15-8-16(12-24)10-17(9-15)13-24/h15-19H,1-14H2/t15?,16?,17?,18-,19-,24?/m0/s1. The molecule has 7 aliphatic rings. The van der Waals surface area contributed by atoms with Crippen LogP contribution in [0, 0.1) is 23.7 Å². The van der Waals surface area contributed by atoms with Gasteiger partial charge in [-0.3, -0.25) is 14.4 Å². The van der Waals surface area contributed by atoms with E-state index in [2.05, 4.69) is 0 Å². The molecule has 7 rings (SSSR count). The number of likely N-dealkylation sites (tertiary alicyclic amines) is 1. The topological polar surface area (TPSA) is 78.0 Å². The highest BCUT2D eigenvalue weighted by molar-refractivity contribution is 6.45. The molecule has 7 fully saturated rings. The van der Waals surface area contributed by atoms with E-state index in [-0.39, 0.29) is 18.5 Å². The summed E-state index contributed by atoms with van der Waals surface area (Å²) in [6.45, 7) is 0.415. The number of carbonyl (C=O) groups excluding carboxylic acids is 4. The molecule has 0 spiro atoms. The van der Waals surface area contributed by atoms with Gasteiger partial charge in [0.1, 0.15) is 6.54 Å². The quantitative estimate of drug-likeness (QED) is 0.513. The highest BCUT2D eigenvalue weighted by Gasteiger charge is 2.61. The zero-order chi connectivity index (χ0) is 21.3. The molecule has 31 heavy (non-hydrogen) atoms. The Bertz CT molecular complexity index is 801. The van der Waals surface area contributed by atoms with Crippen molar-refractivity contribution in [2.75, 3.05) is 13.1 Å². The molecule has 4 bridgehead atoms. The molecule has 5 amide bonds. The molecule has 0 aromatic rings. The Morgan fingerprint density at radius 2 is 1.45 bits per heavy atom. The van der Waals surface area contributed by atoms with Crippen LogP contribution in [0.25, 0.3) is 0 Å². The summed E-state index contributed by atoms with van der Waals surface area (Å²) in [5.41, 5.74) is -0.490. The fourth-order valence-electron chi connectivity index (χ4n) is 8.56. The minimum Gasteiger partial charge on any atom is -0.338 e. The summed E-state index contributed by atoms with van der Waals surface area (Å²) in [5, 5.41) is 0. The summed E-state index contributed by atoms with van der Waals surface area (Å²) in [6, 6.07) is -0.305. The number of hydrogen-bond donors (Lipinski definition) is 0. The van der Waals surface area contributed by atoms with E-state index < -0.39 is 23.4 Å². The zero-order valence-electron chi connectivity index (χ0n) is 18.3. The number of fused-ring (bicyclic) bond motifs is 1. The van der Waals surface area contributed by atoms with Crippen molar-refractivity contribution in [3.8, 4) is 0 Å². The van der Waals surface area contributed by atoms with E-state index in [4.69, 9.17) is 0 Å². The van der Waals surface area contributed by atoms with Crippen LogP contribution in [0.1, 0.15) is 77.0 Å². The smallest absolute Gasteiger partial charge is 0.335 e. The van der Waals surface area contributed by atoms with E-state index in [1.165, 1.54) is 30.6 Å². The largest absolute Gasteiger partial charge is 0.338 e. The summed E-state index contributed by atoms with van der Waals surface area (Å²) < 4.78 is 0.